The molecule has 0 heterocycles. The number of carbonyl (C=O) groups excluding carboxylic acids is 1. The van der Waals surface area contributed by atoms with Gasteiger partial charge in [-0.15, -0.1) is 0 Å². The van der Waals surface area contributed by atoms with Crippen LogP contribution in [0.4, 0.5) is 5.69 Å². The Morgan fingerprint density at radius 3 is 2.69 bits per heavy atom. The molecule has 0 saturated heterocycles. The van der Waals surface area contributed by atoms with Gasteiger partial charge in [0.05, 0.1) is 12.2 Å². The van der Waals surface area contributed by atoms with Gasteiger partial charge in [0.1, 0.15) is 5.75 Å². The SMILES string of the molecule is CCNCC(=O)Nc1c(C)ccc(O)c1C. The fraction of sp³-hybridized carbons (Fsp3) is 0.417. The van der Waals surface area contributed by atoms with Crippen molar-refractivity contribution in [1.29, 1.82) is 0 Å². The Labute approximate surface area is 95.7 Å². The van der Waals surface area contributed by atoms with E-state index in [1.54, 1.807) is 19.1 Å². The number of carbonyl (C=O) groups is 1. The van der Waals surface area contributed by atoms with Gasteiger partial charge in [-0.2, -0.15) is 0 Å². The van der Waals surface area contributed by atoms with Crippen LogP contribution in [0.3, 0.4) is 0 Å². The van der Waals surface area contributed by atoms with Crippen LogP contribution < -0.4 is 10.6 Å². The van der Waals surface area contributed by atoms with Gasteiger partial charge in [-0.05, 0) is 32.0 Å². The van der Waals surface area contributed by atoms with E-state index in [9.17, 15) is 9.90 Å². The molecule has 4 nitrogen and oxygen atoms in total. The van der Waals surface area contributed by atoms with E-state index in [2.05, 4.69) is 10.6 Å². The third-order valence-corrected chi connectivity index (χ3v) is 2.44. The number of rotatable bonds is 4. The van der Waals surface area contributed by atoms with Crippen LogP contribution in [0.5, 0.6) is 5.75 Å². The summed E-state index contributed by atoms with van der Waals surface area (Å²) in [5, 5.41) is 15.3. The molecule has 0 aliphatic heterocycles. The van der Waals surface area contributed by atoms with Gasteiger partial charge in [-0.1, -0.05) is 13.0 Å². The lowest BCUT2D eigenvalue weighted by molar-refractivity contribution is -0.115. The van der Waals surface area contributed by atoms with Crippen LogP contribution in [0.2, 0.25) is 0 Å². The van der Waals surface area contributed by atoms with Crippen molar-refractivity contribution in [2.45, 2.75) is 20.8 Å². The van der Waals surface area contributed by atoms with Crippen molar-refractivity contribution in [3.63, 3.8) is 0 Å². The summed E-state index contributed by atoms with van der Waals surface area (Å²) in [6, 6.07) is 3.41. The van der Waals surface area contributed by atoms with Crippen molar-refractivity contribution >= 4 is 11.6 Å². The number of amides is 1. The molecule has 0 fully saturated rings. The summed E-state index contributed by atoms with van der Waals surface area (Å²) in [6.45, 7) is 6.66. The van der Waals surface area contributed by atoms with E-state index < -0.39 is 0 Å². The zero-order valence-electron chi connectivity index (χ0n) is 9.92. The van der Waals surface area contributed by atoms with Crippen LogP contribution in [0, 0.1) is 13.8 Å². The molecule has 0 aliphatic carbocycles. The molecule has 1 aromatic carbocycles. The average molecular weight is 222 g/mol. The van der Waals surface area contributed by atoms with Crippen LogP contribution in [0.25, 0.3) is 0 Å². The lowest BCUT2D eigenvalue weighted by Crippen LogP contribution is -2.28. The zero-order chi connectivity index (χ0) is 12.1. The molecule has 0 unspecified atom stereocenters. The number of aromatic hydroxyl groups is 1. The summed E-state index contributed by atoms with van der Waals surface area (Å²) in [4.78, 5) is 11.5. The number of likely N-dealkylation sites (N-methyl/N-ethyl adjacent to an activating group) is 1. The van der Waals surface area contributed by atoms with Crippen molar-refractivity contribution in [1.82, 2.24) is 5.32 Å². The van der Waals surface area contributed by atoms with Crippen molar-refractivity contribution in [3.8, 4) is 5.75 Å². The largest absolute Gasteiger partial charge is 0.508 e. The van der Waals surface area contributed by atoms with Crippen molar-refractivity contribution in [2.24, 2.45) is 0 Å². The molecule has 0 aliphatic rings. The van der Waals surface area contributed by atoms with E-state index in [1.807, 2.05) is 13.8 Å². The first-order valence-electron chi connectivity index (χ1n) is 5.36. The lowest BCUT2D eigenvalue weighted by Gasteiger charge is -2.12. The van der Waals surface area contributed by atoms with E-state index in [0.29, 0.717) is 11.3 Å². The average Bonchev–Trinajstić information content (AvgIpc) is 2.27. The molecular formula is C12H18N2O2. The van der Waals surface area contributed by atoms with Gasteiger partial charge in [0.25, 0.3) is 0 Å². The monoisotopic (exact) mass is 222 g/mol. The molecular weight excluding hydrogens is 204 g/mol. The predicted molar refractivity (Wildman–Crippen MR) is 64.8 cm³/mol. The number of phenolic OH excluding ortho intramolecular Hbond substituents is 1. The van der Waals surface area contributed by atoms with Gasteiger partial charge in [-0.25, -0.2) is 0 Å². The number of hydrogen-bond acceptors (Lipinski definition) is 3. The van der Waals surface area contributed by atoms with Crippen molar-refractivity contribution < 1.29 is 9.90 Å². The minimum Gasteiger partial charge on any atom is -0.508 e. The maximum absolute atomic E-state index is 11.5. The van der Waals surface area contributed by atoms with Crippen LogP contribution in [0.15, 0.2) is 12.1 Å². The summed E-state index contributed by atoms with van der Waals surface area (Å²) in [7, 11) is 0. The molecule has 0 radical (unpaired) electrons. The van der Waals surface area contributed by atoms with Crippen LogP contribution >= 0.6 is 0 Å². The Kier molecular flexibility index (Phi) is 4.31. The molecule has 88 valence electrons. The van der Waals surface area contributed by atoms with Crippen molar-refractivity contribution in [3.05, 3.63) is 23.3 Å². The standard InChI is InChI=1S/C12H18N2O2/c1-4-13-7-11(16)14-12-8(2)5-6-10(15)9(12)3/h5-6,13,15H,4,7H2,1-3H3,(H,14,16). The first-order chi connectivity index (χ1) is 7.56. The maximum atomic E-state index is 11.5. The minimum atomic E-state index is -0.0985. The predicted octanol–water partition coefficient (Wildman–Crippen LogP) is 1.56. The van der Waals surface area contributed by atoms with Gasteiger partial charge in [0.15, 0.2) is 0 Å². The number of phenols is 1. The molecule has 1 rings (SSSR count). The zero-order valence-corrected chi connectivity index (χ0v) is 9.92. The molecule has 0 spiro atoms. The highest BCUT2D eigenvalue weighted by Gasteiger charge is 2.09. The molecule has 0 bridgehead atoms. The highest BCUT2D eigenvalue weighted by Crippen LogP contribution is 2.27. The summed E-state index contributed by atoms with van der Waals surface area (Å²) in [6.07, 6.45) is 0. The fourth-order valence-electron chi connectivity index (χ4n) is 1.45. The number of aryl methyl sites for hydroxylation is 1. The van der Waals surface area contributed by atoms with Gasteiger partial charge in [0, 0.05) is 5.56 Å². The van der Waals surface area contributed by atoms with Crippen molar-refractivity contribution in [2.75, 3.05) is 18.4 Å². The normalized spacial score (nSPS) is 10.2. The summed E-state index contributed by atoms with van der Waals surface area (Å²) in [5.41, 5.74) is 2.34. The first kappa shape index (κ1) is 12.5. The highest BCUT2D eigenvalue weighted by molar-refractivity contribution is 5.94. The van der Waals surface area contributed by atoms with Crippen LogP contribution in [-0.2, 0) is 4.79 Å². The lowest BCUT2D eigenvalue weighted by atomic mass is 10.1. The fourth-order valence-corrected chi connectivity index (χ4v) is 1.45. The summed E-state index contributed by atoms with van der Waals surface area (Å²) in [5.74, 6) is 0.100. The topological polar surface area (TPSA) is 61.4 Å². The quantitative estimate of drug-likeness (QED) is 0.724. The second-order valence-electron chi connectivity index (χ2n) is 3.73. The number of benzene rings is 1. The second kappa shape index (κ2) is 5.51. The Morgan fingerprint density at radius 2 is 2.06 bits per heavy atom. The maximum Gasteiger partial charge on any atom is 0.238 e. The third kappa shape index (κ3) is 2.97. The highest BCUT2D eigenvalue weighted by atomic mass is 16.3. The smallest absolute Gasteiger partial charge is 0.238 e. The molecule has 0 saturated carbocycles. The molecule has 4 heteroatoms. The Bertz CT molecular complexity index is 389. The Morgan fingerprint density at radius 1 is 1.38 bits per heavy atom. The molecule has 3 N–H and O–H groups in total. The van der Waals surface area contributed by atoms with Gasteiger partial charge in [0.2, 0.25) is 5.91 Å². The molecule has 1 amide bonds. The number of nitrogens with one attached hydrogen (secondary N) is 2. The number of anilines is 1. The van der Waals surface area contributed by atoms with Gasteiger partial charge in [-0.3, -0.25) is 4.79 Å². The van der Waals surface area contributed by atoms with E-state index >= 15 is 0 Å². The van der Waals surface area contributed by atoms with E-state index in [0.717, 1.165) is 12.1 Å². The van der Waals surface area contributed by atoms with Crippen LogP contribution in [-0.4, -0.2) is 24.1 Å². The van der Waals surface area contributed by atoms with E-state index in [1.165, 1.54) is 0 Å². The molecule has 1 aromatic rings. The van der Waals surface area contributed by atoms with Gasteiger partial charge >= 0.3 is 0 Å². The van der Waals surface area contributed by atoms with E-state index in [4.69, 9.17) is 0 Å². The summed E-state index contributed by atoms with van der Waals surface area (Å²) >= 11 is 0. The third-order valence-electron chi connectivity index (χ3n) is 2.44. The number of hydrogen-bond donors (Lipinski definition) is 3. The molecule has 0 aromatic heterocycles. The molecule has 16 heavy (non-hydrogen) atoms. The Balaban J connectivity index is 2.80. The summed E-state index contributed by atoms with van der Waals surface area (Å²) < 4.78 is 0. The second-order valence-corrected chi connectivity index (χ2v) is 3.73. The minimum absolute atomic E-state index is 0.0985. The Hall–Kier alpha value is -1.55. The first-order valence-corrected chi connectivity index (χ1v) is 5.36. The van der Waals surface area contributed by atoms with E-state index in [-0.39, 0.29) is 18.2 Å². The molecule has 0 atom stereocenters. The van der Waals surface area contributed by atoms with Gasteiger partial charge < -0.3 is 15.7 Å². The van der Waals surface area contributed by atoms with Crippen LogP contribution in [0.1, 0.15) is 18.1 Å².